The van der Waals surface area contributed by atoms with Crippen molar-refractivity contribution in [2.45, 2.75) is 57.5 Å². The van der Waals surface area contributed by atoms with Crippen LogP contribution in [0.3, 0.4) is 0 Å². The molecule has 1 aliphatic carbocycles. The predicted octanol–water partition coefficient (Wildman–Crippen LogP) is 6.55. The molecule has 0 spiro atoms. The fraction of sp³-hybridized carbons (Fsp3) is 0.846. The minimum Gasteiger partial charge on any atom is -0.171 e. The highest BCUT2D eigenvalue weighted by Gasteiger charge is 2.26. The topological polar surface area (TPSA) is 0 Å². The lowest BCUT2D eigenvalue weighted by Gasteiger charge is -2.26. The first kappa shape index (κ1) is 16.5. The third-order valence-corrected chi connectivity index (χ3v) is 4.10. The highest BCUT2D eigenvalue weighted by Crippen LogP contribution is 2.34. The van der Waals surface area contributed by atoms with Gasteiger partial charge in [0, 0.05) is 6.42 Å². The molecule has 1 rings (SSSR count). The summed E-state index contributed by atoms with van der Waals surface area (Å²) in [5, 5.41) is 0. The Morgan fingerprint density at radius 3 is 2.17 bits per heavy atom. The van der Waals surface area contributed by atoms with E-state index in [0.29, 0.717) is 18.3 Å². The molecule has 0 aromatic rings. The van der Waals surface area contributed by atoms with Gasteiger partial charge >= 0.3 is 6.18 Å². The van der Waals surface area contributed by atoms with Crippen LogP contribution in [-0.2, 0) is 0 Å². The molecule has 0 atom stereocenters. The van der Waals surface area contributed by atoms with Crippen molar-refractivity contribution >= 4 is 31.9 Å². The van der Waals surface area contributed by atoms with Gasteiger partial charge in [-0.3, -0.25) is 0 Å². The fourth-order valence-electron chi connectivity index (χ4n) is 2.58. The second-order valence-corrected chi connectivity index (χ2v) is 7.87. The molecule has 0 heterocycles. The molecule has 0 nitrogen and oxygen atoms in total. The minimum absolute atomic E-state index is 0.288. The van der Waals surface area contributed by atoms with Crippen LogP contribution in [0.1, 0.15) is 51.4 Å². The Kier molecular flexibility index (Phi) is 7.29. The maximum atomic E-state index is 12.0. The largest absolute Gasteiger partial charge is 0.389 e. The van der Waals surface area contributed by atoms with E-state index in [9.17, 15) is 13.2 Å². The molecule has 0 aromatic heterocycles. The quantitative estimate of drug-likeness (QED) is 0.466. The number of halogens is 5. The summed E-state index contributed by atoms with van der Waals surface area (Å²) in [5.74, 6) is 1.25. The maximum absolute atomic E-state index is 12.0. The Morgan fingerprint density at radius 1 is 1.06 bits per heavy atom. The molecule has 0 saturated heterocycles. The molecular weight excluding hydrogens is 373 g/mol. The van der Waals surface area contributed by atoms with Crippen LogP contribution in [0.15, 0.2) is 9.47 Å². The van der Waals surface area contributed by atoms with Crippen molar-refractivity contribution in [3.8, 4) is 0 Å². The molecule has 0 unspecified atom stereocenters. The number of rotatable bonds is 5. The van der Waals surface area contributed by atoms with Crippen LogP contribution >= 0.6 is 31.9 Å². The van der Waals surface area contributed by atoms with Crippen LogP contribution in [0.4, 0.5) is 13.2 Å². The van der Waals surface area contributed by atoms with E-state index < -0.39 is 12.6 Å². The molecule has 0 aliphatic heterocycles. The van der Waals surface area contributed by atoms with Gasteiger partial charge in [0.1, 0.15) is 0 Å². The molecule has 1 aliphatic rings. The van der Waals surface area contributed by atoms with Crippen molar-refractivity contribution < 1.29 is 13.2 Å². The SMILES string of the molecule is FC(F)(F)CCCCC1CCC(C=C(Br)Br)CC1. The zero-order valence-electron chi connectivity index (χ0n) is 10.3. The molecule has 0 bridgehead atoms. The Bertz CT molecular complexity index is 262. The third-order valence-electron chi connectivity index (χ3n) is 3.58. The summed E-state index contributed by atoms with van der Waals surface area (Å²) < 4.78 is 36.9. The van der Waals surface area contributed by atoms with E-state index in [2.05, 4.69) is 37.9 Å². The maximum Gasteiger partial charge on any atom is 0.389 e. The molecule has 0 radical (unpaired) electrons. The monoisotopic (exact) mass is 390 g/mol. The lowest BCUT2D eigenvalue weighted by atomic mass is 9.80. The summed E-state index contributed by atoms with van der Waals surface area (Å²) in [5.41, 5.74) is 0. The molecular formula is C13H19Br2F3. The number of hydrogen-bond acceptors (Lipinski definition) is 0. The standard InChI is InChI=1S/C13H19Br2F3/c14-12(15)9-11-6-4-10(5-7-11)3-1-2-8-13(16,17)18/h9-11H,1-8H2. The first-order valence-corrected chi connectivity index (χ1v) is 8.05. The number of unbranched alkanes of at least 4 members (excludes halogenated alkanes) is 1. The Morgan fingerprint density at radius 2 is 1.67 bits per heavy atom. The zero-order chi connectivity index (χ0) is 13.6. The van der Waals surface area contributed by atoms with Crippen LogP contribution in [0, 0.1) is 11.8 Å². The van der Waals surface area contributed by atoms with Gasteiger partial charge in [-0.2, -0.15) is 13.2 Å². The second-order valence-electron chi connectivity index (χ2n) is 5.10. The molecule has 1 fully saturated rings. The zero-order valence-corrected chi connectivity index (χ0v) is 13.5. The lowest BCUT2D eigenvalue weighted by Crippen LogP contribution is -2.13. The van der Waals surface area contributed by atoms with Gasteiger partial charge in [0.25, 0.3) is 0 Å². The molecule has 18 heavy (non-hydrogen) atoms. The highest BCUT2D eigenvalue weighted by atomic mass is 79.9. The van der Waals surface area contributed by atoms with Gasteiger partial charge in [0.05, 0.1) is 3.39 Å². The van der Waals surface area contributed by atoms with E-state index in [1.165, 1.54) is 0 Å². The Balaban J connectivity index is 2.11. The van der Waals surface area contributed by atoms with Gasteiger partial charge in [-0.25, -0.2) is 0 Å². The minimum atomic E-state index is -3.98. The first-order valence-electron chi connectivity index (χ1n) is 6.46. The second kappa shape index (κ2) is 7.93. The van der Waals surface area contributed by atoms with Gasteiger partial charge < -0.3 is 0 Å². The van der Waals surface area contributed by atoms with Crippen LogP contribution in [-0.4, -0.2) is 6.18 Å². The van der Waals surface area contributed by atoms with Gasteiger partial charge in [0.2, 0.25) is 0 Å². The Hall–Kier alpha value is 0.490. The Labute approximate surface area is 124 Å². The molecule has 5 heteroatoms. The molecule has 0 amide bonds. The predicted molar refractivity (Wildman–Crippen MR) is 75.9 cm³/mol. The number of hydrogen-bond donors (Lipinski definition) is 0. The van der Waals surface area contributed by atoms with Gasteiger partial charge in [-0.15, -0.1) is 0 Å². The van der Waals surface area contributed by atoms with E-state index in [-0.39, 0.29) is 6.42 Å². The average Bonchev–Trinajstić information content (AvgIpc) is 2.24. The molecule has 106 valence electrons. The summed E-state index contributed by atoms with van der Waals surface area (Å²) >= 11 is 6.73. The smallest absolute Gasteiger partial charge is 0.171 e. The van der Waals surface area contributed by atoms with E-state index in [0.717, 1.165) is 35.5 Å². The third kappa shape index (κ3) is 7.82. The van der Waals surface area contributed by atoms with Gasteiger partial charge in [-0.05, 0) is 75.8 Å². The van der Waals surface area contributed by atoms with Gasteiger partial charge in [0.15, 0.2) is 0 Å². The average molecular weight is 392 g/mol. The fourth-order valence-corrected chi connectivity index (χ4v) is 3.33. The van der Waals surface area contributed by atoms with E-state index >= 15 is 0 Å². The van der Waals surface area contributed by atoms with Crippen molar-refractivity contribution in [3.63, 3.8) is 0 Å². The summed E-state index contributed by atoms with van der Waals surface area (Å²) in [7, 11) is 0. The highest BCUT2D eigenvalue weighted by molar-refractivity contribution is 9.28. The van der Waals surface area contributed by atoms with Crippen molar-refractivity contribution in [2.24, 2.45) is 11.8 Å². The van der Waals surface area contributed by atoms with Crippen LogP contribution in [0.25, 0.3) is 0 Å². The molecule has 0 N–H and O–H groups in total. The summed E-state index contributed by atoms with van der Waals surface area (Å²) in [6.07, 6.45) is 4.16. The van der Waals surface area contributed by atoms with Crippen molar-refractivity contribution in [1.82, 2.24) is 0 Å². The lowest BCUT2D eigenvalue weighted by molar-refractivity contribution is -0.135. The van der Waals surface area contributed by atoms with E-state index in [4.69, 9.17) is 0 Å². The normalized spacial score (nSPS) is 24.9. The van der Waals surface area contributed by atoms with Crippen LogP contribution in [0.5, 0.6) is 0 Å². The summed E-state index contributed by atoms with van der Waals surface area (Å²) in [6, 6.07) is 0. The number of allylic oxidation sites excluding steroid dienone is 1. The van der Waals surface area contributed by atoms with E-state index in [1.807, 2.05) is 0 Å². The summed E-state index contributed by atoms with van der Waals surface area (Å²) in [6.45, 7) is 0. The first-order chi connectivity index (χ1) is 8.37. The molecule has 1 saturated carbocycles. The van der Waals surface area contributed by atoms with Crippen molar-refractivity contribution in [1.29, 1.82) is 0 Å². The summed E-state index contributed by atoms with van der Waals surface area (Å²) in [4.78, 5) is 0. The van der Waals surface area contributed by atoms with Gasteiger partial charge in [-0.1, -0.05) is 18.9 Å². The van der Waals surface area contributed by atoms with Crippen molar-refractivity contribution in [3.05, 3.63) is 9.47 Å². The van der Waals surface area contributed by atoms with Crippen LogP contribution in [0.2, 0.25) is 0 Å². The number of alkyl halides is 3. The van der Waals surface area contributed by atoms with E-state index in [1.54, 1.807) is 0 Å². The molecule has 0 aromatic carbocycles. The van der Waals surface area contributed by atoms with Crippen LogP contribution < -0.4 is 0 Å². The van der Waals surface area contributed by atoms with Crippen molar-refractivity contribution in [2.75, 3.05) is 0 Å².